The van der Waals surface area contributed by atoms with Crippen LogP contribution in [-0.2, 0) is 22.7 Å². The summed E-state index contributed by atoms with van der Waals surface area (Å²) in [5, 5.41) is 7.13. The van der Waals surface area contributed by atoms with Gasteiger partial charge in [0.2, 0.25) is 11.7 Å². The van der Waals surface area contributed by atoms with Gasteiger partial charge in [-0.05, 0) is 42.8 Å². The number of hydrogen-bond acceptors (Lipinski definition) is 8. The third kappa shape index (κ3) is 6.11. The van der Waals surface area contributed by atoms with Gasteiger partial charge < -0.3 is 19.3 Å². The summed E-state index contributed by atoms with van der Waals surface area (Å²) in [5.41, 5.74) is 0.146. The summed E-state index contributed by atoms with van der Waals surface area (Å²) in [7, 11) is 0. The SMILES string of the molecule is Cc1cc(NC(=O)C(C)(C)C)sc1C(=O)OCc1nc(COc2ccc(F)cc2)no1. The Morgan fingerprint density at radius 3 is 2.58 bits per heavy atom. The van der Waals surface area contributed by atoms with Crippen LogP contribution >= 0.6 is 11.3 Å². The molecular weight excluding hydrogens is 425 g/mol. The van der Waals surface area contributed by atoms with Gasteiger partial charge in [-0.2, -0.15) is 4.98 Å². The quantitative estimate of drug-likeness (QED) is 0.532. The van der Waals surface area contributed by atoms with Gasteiger partial charge in [-0.15, -0.1) is 11.3 Å². The van der Waals surface area contributed by atoms with Crippen molar-refractivity contribution in [3.05, 3.63) is 58.3 Å². The van der Waals surface area contributed by atoms with Crippen LogP contribution in [0.25, 0.3) is 0 Å². The predicted molar refractivity (Wildman–Crippen MR) is 111 cm³/mol. The molecule has 0 aliphatic rings. The van der Waals surface area contributed by atoms with Crippen LogP contribution in [0.1, 0.15) is 47.7 Å². The second-order valence-corrected chi connectivity index (χ2v) is 8.80. The molecule has 2 aromatic heterocycles. The summed E-state index contributed by atoms with van der Waals surface area (Å²) in [6.07, 6.45) is 0. The summed E-state index contributed by atoms with van der Waals surface area (Å²) < 4.78 is 28.6. The van der Waals surface area contributed by atoms with E-state index in [9.17, 15) is 14.0 Å². The summed E-state index contributed by atoms with van der Waals surface area (Å²) in [6, 6.07) is 7.26. The van der Waals surface area contributed by atoms with Crippen LogP contribution in [0.3, 0.4) is 0 Å². The molecule has 31 heavy (non-hydrogen) atoms. The first-order valence-corrected chi connectivity index (χ1v) is 10.2. The van der Waals surface area contributed by atoms with E-state index in [-0.39, 0.29) is 36.7 Å². The number of carbonyl (C=O) groups is 2. The Morgan fingerprint density at radius 2 is 1.90 bits per heavy atom. The third-order valence-corrected chi connectivity index (χ3v) is 5.17. The van der Waals surface area contributed by atoms with E-state index < -0.39 is 11.4 Å². The molecule has 8 nitrogen and oxygen atoms in total. The van der Waals surface area contributed by atoms with Crippen LogP contribution in [0.5, 0.6) is 5.75 Å². The van der Waals surface area contributed by atoms with Crippen molar-refractivity contribution in [3.63, 3.8) is 0 Å². The Bertz CT molecular complexity index is 1070. The molecule has 0 saturated heterocycles. The number of ether oxygens (including phenoxy) is 2. The molecule has 0 radical (unpaired) electrons. The second kappa shape index (κ2) is 9.25. The standard InChI is InChI=1S/C21H22FN3O5S/c1-12-9-17(24-20(27)21(2,3)4)31-18(12)19(26)29-11-16-23-15(25-30-16)10-28-14-7-5-13(22)6-8-14/h5-9H,10-11H2,1-4H3,(H,24,27). The lowest BCUT2D eigenvalue weighted by Crippen LogP contribution is -2.27. The highest BCUT2D eigenvalue weighted by Gasteiger charge is 2.23. The minimum Gasteiger partial charge on any atom is -0.485 e. The lowest BCUT2D eigenvalue weighted by molar-refractivity contribution is -0.123. The zero-order chi connectivity index (χ0) is 22.6. The van der Waals surface area contributed by atoms with Gasteiger partial charge in [0, 0.05) is 5.41 Å². The lowest BCUT2D eigenvalue weighted by Gasteiger charge is -2.16. The van der Waals surface area contributed by atoms with Crippen molar-refractivity contribution in [2.45, 2.75) is 40.9 Å². The summed E-state index contributed by atoms with van der Waals surface area (Å²) in [6.45, 7) is 6.99. The second-order valence-electron chi connectivity index (χ2n) is 7.75. The highest BCUT2D eigenvalue weighted by atomic mass is 32.1. The highest BCUT2D eigenvalue weighted by Crippen LogP contribution is 2.29. The molecule has 0 atom stereocenters. The number of amides is 1. The van der Waals surface area contributed by atoms with Crippen molar-refractivity contribution in [1.82, 2.24) is 10.1 Å². The molecular formula is C21H22FN3O5S. The topological polar surface area (TPSA) is 104 Å². The Kier molecular flexibility index (Phi) is 6.69. The first-order chi connectivity index (χ1) is 14.6. The molecule has 164 valence electrons. The number of benzene rings is 1. The van der Waals surface area contributed by atoms with Gasteiger partial charge in [0.15, 0.2) is 13.2 Å². The van der Waals surface area contributed by atoms with Gasteiger partial charge in [0.1, 0.15) is 16.4 Å². The number of halogens is 1. The molecule has 0 spiro atoms. The van der Waals surface area contributed by atoms with E-state index in [1.54, 1.807) is 33.8 Å². The van der Waals surface area contributed by atoms with Gasteiger partial charge in [-0.3, -0.25) is 4.79 Å². The average molecular weight is 447 g/mol. The number of aromatic nitrogens is 2. The van der Waals surface area contributed by atoms with Crippen LogP contribution in [0, 0.1) is 18.2 Å². The molecule has 0 bridgehead atoms. The molecule has 0 saturated carbocycles. The number of thiophene rings is 1. The Labute approximate surface area is 182 Å². The zero-order valence-corrected chi connectivity index (χ0v) is 18.3. The number of nitrogens with zero attached hydrogens (tertiary/aromatic N) is 2. The van der Waals surface area contributed by atoms with E-state index in [0.29, 0.717) is 21.2 Å². The first-order valence-electron chi connectivity index (χ1n) is 9.40. The number of hydrogen-bond donors (Lipinski definition) is 1. The lowest BCUT2D eigenvalue weighted by atomic mass is 9.96. The smallest absolute Gasteiger partial charge is 0.349 e. The van der Waals surface area contributed by atoms with E-state index in [1.165, 1.54) is 24.3 Å². The molecule has 1 aromatic carbocycles. The monoisotopic (exact) mass is 447 g/mol. The number of esters is 1. The molecule has 3 aromatic rings. The normalized spacial score (nSPS) is 11.3. The van der Waals surface area contributed by atoms with Crippen LogP contribution in [0.2, 0.25) is 0 Å². The minimum absolute atomic E-state index is 0.0178. The van der Waals surface area contributed by atoms with E-state index in [1.807, 2.05) is 0 Å². The molecule has 10 heteroatoms. The van der Waals surface area contributed by atoms with Crippen LogP contribution in [0.4, 0.5) is 9.39 Å². The Balaban J connectivity index is 1.53. The Morgan fingerprint density at radius 1 is 1.19 bits per heavy atom. The maximum Gasteiger partial charge on any atom is 0.349 e. The highest BCUT2D eigenvalue weighted by molar-refractivity contribution is 7.18. The molecule has 2 heterocycles. The van der Waals surface area contributed by atoms with Crippen LogP contribution in [0.15, 0.2) is 34.9 Å². The number of anilines is 1. The van der Waals surface area contributed by atoms with Gasteiger partial charge >= 0.3 is 5.97 Å². The van der Waals surface area contributed by atoms with E-state index in [4.69, 9.17) is 14.0 Å². The van der Waals surface area contributed by atoms with Crippen LogP contribution in [-0.4, -0.2) is 22.0 Å². The third-order valence-electron chi connectivity index (χ3n) is 4.04. The fourth-order valence-electron chi connectivity index (χ4n) is 2.32. The number of nitrogens with one attached hydrogen (secondary N) is 1. The van der Waals surface area contributed by atoms with Crippen molar-refractivity contribution in [2.75, 3.05) is 5.32 Å². The van der Waals surface area contributed by atoms with E-state index in [2.05, 4.69) is 15.5 Å². The minimum atomic E-state index is -0.555. The van der Waals surface area contributed by atoms with Gasteiger partial charge in [0.25, 0.3) is 5.89 Å². The van der Waals surface area contributed by atoms with Crippen molar-refractivity contribution in [3.8, 4) is 5.75 Å². The summed E-state index contributed by atoms with van der Waals surface area (Å²) in [4.78, 5) is 29.0. The molecule has 0 unspecified atom stereocenters. The van der Waals surface area contributed by atoms with Crippen LogP contribution < -0.4 is 10.1 Å². The fourth-order valence-corrected chi connectivity index (χ4v) is 3.29. The van der Waals surface area contributed by atoms with E-state index >= 15 is 0 Å². The van der Waals surface area contributed by atoms with Gasteiger partial charge in [0.05, 0.1) is 5.00 Å². The van der Waals surface area contributed by atoms with Crippen molar-refractivity contribution >= 4 is 28.2 Å². The van der Waals surface area contributed by atoms with Gasteiger partial charge in [-0.1, -0.05) is 25.9 Å². The number of rotatable bonds is 7. The van der Waals surface area contributed by atoms with Gasteiger partial charge in [-0.25, -0.2) is 9.18 Å². The summed E-state index contributed by atoms with van der Waals surface area (Å²) >= 11 is 1.14. The fraction of sp³-hybridized carbons (Fsp3) is 0.333. The first kappa shape index (κ1) is 22.4. The number of carbonyl (C=O) groups excluding carboxylic acids is 2. The summed E-state index contributed by atoms with van der Waals surface area (Å²) in [5.74, 6) is -0.227. The molecule has 1 amide bonds. The maximum absolute atomic E-state index is 12.9. The van der Waals surface area contributed by atoms with E-state index in [0.717, 1.165) is 11.3 Å². The molecule has 0 aliphatic heterocycles. The average Bonchev–Trinajstić information content (AvgIpc) is 3.31. The maximum atomic E-state index is 12.9. The van der Waals surface area contributed by atoms with Crippen molar-refractivity contribution < 1.29 is 28.0 Å². The molecule has 3 rings (SSSR count). The molecule has 0 fully saturated rings. The molecule has 1 N–H and O–H groups in total. The zero-order valence-electron chi connectivity index (χ0n) is 17.5. The van der Waals surface area contributed by atoms with Crippen molar-refractivity contribution in [2.24, 2.45) is 5.41 Å². The molecule has 0 aliphatic carbocycles. The largest absolute Gasteiger partial charge is 0.485 e. The predicted octanol–water partition coefficient (Wildman–Crippen LogP) is 4.50. The number of aryl methyl sites for hydroxylation is 1. The Hall–Kier alpha value is -3.27. The van der Waals surface area contributed by atoms with Crippen molar-refractivity contribution in [1.29, 1.82) is 0 Å².